The molecule has 0 fully saturated rings. The highest BCUT2D eigenvalue weighted by Gasteiger charge is 2.43. The Morgan fingerprint density at radius 2 is 1.57 bits per heavy atom. The number of aliphatic hydroxyl groups is 1. The average molecular weight is 472 g/mol. The first-order chi connectivity index (χ1) is 17.0. The van der Waals surface area contributed by atoms with Crippen LogP contribution in [0.5, 0.6) is 11.5 Å². The summed E-state index contributed by atoms with van der Waals surface area (Å²) < 4.78 is 10.8. The molecule has 6 nitrogen and oxygen atoms in total. The number of hydrogen-bond donors (Lipinski definition) is 1. The zero-order valence-electron chi connectivity index (χ0n) is 19.9. The van der Waals surface area contributed by atoms with E-state index in [1.807, 2.05) is 73.7 Å². The molecule has 6 heteroatoms. The highest BCUT2D eigenvalue weighted by molar-refractivity contribution is 6.09. The molecular formula is C29H29NO5. The van der Waals surface area contributed by atoms with Gasteiger partial charge in [0.15, 0.2) is 11.5 Å². The van der Waals surface area contributed by atoms with Gasteiger partial charge in [0.1, 0.15) is 11.5 Å². The predicted molar refractivity (Wildman–Crippen MR) is 133 cm³/mol. The van der Waals surface area contributed by atoms with E-state index in [1.165, 1.54) is 0 Å². The van der Waals surface area contributed by atoms with E-state index >= 15 is 0 Å². The molecule has 0 bridgehead atoms. The van der Waals surface area contributed by atoms with Gasteiger partial charge >= 0.3 is 0 Å². The molecule has 1 N–H and O–H groups in total. The molecule has 1 heterocycles. The minimum absolute atomic E-state index is 0.141. The van der Waals surface area contributed by atoms with Crippen LogP contribution < -0.4 is 9.47 Å². The van der Waals surface area contributed by atoms with Gasteiger partial charge in [-0.05, 0) is 54.3 Å². The van der Waals surface area contributed by atoms with Crippen molar-refractivity contribution >= 4 is 11.7 Å². The van der Waals surface area contributed by atoms with Gasteiger partial charge in [0.2, 0.25) is 0 Å². The van der Waals surface area contributed by atoms with E-state index in [1.54, 1.807) is 24.1 Å². The van der Waals surface area contributed by atoms with Crippen molar-refractivity contribution in [2.75, 3.05) is 13.7 Å². The molecule has 0 saturated heterocycles. The Bertz CT molecular complexity index is 1200. The van der Waals surface area contributed by atoms with Crippen molar-refractivity contribution in [1.82, 2.24) is 4.90 Å². The third kappa shape index (κ3) is 5.38. The minimum Gasteiger partial charge on any atom is -0.503 e. The Hall–Kier alpha value is -4.06. The van der Waals surface area contributed by atoms with E-state index in [2.05, 4.69) is 0 Å². The van der Waals surface area contributed by atoms with Crippen molar-refractivity contribution in [1.29, 1.82) is 0 Å². The number of ketones is 1. The smallest absolute Gasteiger partial charge is 0.290 e. The second-order valence-electron chi connectivity index (χ2n) is 8.36. The molecule has 3 aromatic rings. The van der Waals surface area contributed by atoms with Crippen LogP contribution in [0.1, 0.15) is 36.1 Å². The lowest BCUT2D eigenvalue weighted by Crippen LogP contribution is -2.30. The summed E-state index contributed by atoms with van der Waals surface area (Å²) in [7, 11) is 1.58. The standard InChI is InChI=1S/C29H29NO5/c1-3-35-24-14-9-21(10-15-24)19-30-27(22-12-16-23(34-2)17-13-22)26(28(32)29(30)33)25(31)18-11-20-7-5-4-6-8-20/h4-10,12-17,27,32H,3,11,18-19H2,1-2H3. The van der Waals surface area contributed by atoms with Crippen LogP contribution in [0.3, 0.4) is 0 Å². The van der Waals surface area contributed by atoms with E-state index in [9.17, 15) is 14.7 Å². The second kappa shape index (κ2) is 10.9. The van der Waals surface area contributed by atoms with E-state index in [4.69, 9.17) is 9.47 Å². The SMILES string of the molecule is CCOc1ccc(CN2C(=O)C(O)=C(C(=O)CCc3ccccc3)C2c2ccc(OC)cc2)cc1. The molecule has 0 spiro atoms. The van der Waals surface area contributed by atoms with E-state index in [0.717, 1.165) is 22.4 Å². The van der Waals surface area contributed by atoms with Crippen LogP contribution in [0.2, 0.25) is 0 Å². The van der Waals surface area contributed by atoms with Gasteiger partial charge < -0.3 is 19.5 Å². The maximum absolute atomic E-state index is 13.4. The average Bonchev–Trinajstić information content (AvgIpc) is 3.14. The maximum atomic E-state index is 13.4. The van der Waals surface area contributed by atoms with Crippen LogP contribution in [-0.2, 0) is 22.6 Å². The first kappa shape index (κ1) is 24.1. The molecule has 1 aliphatic rings. The van der Waals surface area contributed by atoms with Gasteiger partial charge in [-0.15, -0.1) is 0 Å². The second-order valence-corrected chi connectivity index (χ2v) is 8.36. The normalized spacial score (nSPS) is 15.4. The molecule has 4 rings (SSSR count). The van der Waals surface area contributed by atoms with Gasteiger partial charge in [-0.2, -0.15) is 0 Å². The molecule has 1 amide bonds. The molecule has 0 saturated carbocycles. The largest absolute Gasteiger partial charge is 0.503 e. The van der Waals surface area contributed by atoms with Crippen LogP contribution in [0.15, 0.2) is 90.2 Å². The van der Waals surface area contributed by atoms with Crippen LogP contribution in [0.25, 0.3) is 0 Å². The number of Topliss-reactive ketones (excluding diaryl/α,β-unsaturated/α-hetero) is 1. The monoisotopic (exact) mass is 471 g/mol. The third-order valence-electron chi connectivity index (χ3n) is 6.11. The molecule has 1 atom stereocenters. The number of amides is 1. The Labute approximate surface area is 205 Å². The van der Waals surface area contributed by atoms with Gasteiger partial charge in [0.25, 0.3) is 5.91 Å². The number of aryl methyl sites for hydroxylation is 1. The summed E-state index contributed by atoms with van der Waals surface area (Å²) in [5.74, 6) is 0.141. The van der Waals surface area contributed by atoms with Crippen molar-refractivity contribution in [2.24, 2.45) is 0 Å². The highest BCUT2D eigenvalue weighted by Crippen LogP contribution is 2.40. The topological polar surface area (TPSA) is 76.1 Å². The first-order valence-corrected chi connectivity index (χ1v) is 11.7. The molecule has 1 unspecified atom stereocenters. The van der Waals surface area contributed by atoms with E-state index in [0.29, 0.717) is 18.8 Å². The van der Waals surface area contributed by atoms with Crippen LogP contribution in [0, 0.1) is 0 Å². The summed E-state index contributed by atoms with van der Waals surface area (Å²) >= 11 is 0. The lowest BCUT2D eigenvalue weighted by molar-refractivity contribution is -0.130. The molecule has 0 radical (unpaired) electrons. The Balaban J connectivity index is 1.63. The van der Waals surface area contributed by atoms with Gasteiger partial charge in [-0.25, -0.2) is 0 Å². The summed E-state index contributed by atoms with van der Waals surface area (Å²) in [5, 5.41) is 10.8. The van der Waals surface area contributed by atoms with Crippen molar-refractivity contribution < 1.29 is 24.2 Å². The molecular weight excluding hydrogens is 442 g/mol. The predicted octanol–water partition coefficient (Wildman–Crippen LogP) is 5.19. The van der Waals surface area contributed by atoms with Gasteiger partial charge in [-0.3, -0.25) is 9.59 Å². The molecule has 35 heavy (non-hydrogen) atoms. The fraction of sp³-hybridized carbons (Fsp3) is 0.241. The number of carbonyl (C=O) groups excluding carboxylic acids is 2. The first-order valence-electron chi connectivity index (χ1n) is 11.7. The highest BCUT2D eigenvalue weighted by atomic mass is 16.5. The fourth-order valence-electron chi connectivity index (χ4n) is 4.33. The van der Waals surface area contributed by atoms with Gasteiger partial charge in [-0.1, -0.05) is 54.6 Å². The minimum atomic E-state index is -0.691. The summed E-state index contributed by atoms with van der Waals surface area (Å²) in [6, 6.07) is 23.7. The number of carbonyl (C=O) groups is 2. The molecule has 0 aromatic heterocycles. The van der Waals surface area contributed by atoms with Crippen LogP contribution >= 0.6 is 0 Å². The summed E-state index contributed by atoms with van der Waals surface area (Å²) in [6.45, 7) is 2.72. The third-order valence-corrected chi connectivity index (χ3v) is 6.11. The van der Waals surface area contributed by atoms with Crippen LogP contribution in [0.4, 0.5) is 0 Å². The summed E-state index contributed by atoms with van der Waals surface area (Å²) in [4.78, 5) is 28.1. The fourth-order valence-corrected chi connectivity index (χ4v) is 4.33. The maximum Gasteiger partial charge on any atom is 0.290 e. The van der Waals surface area contributed by atoms with Crippen LogP contribution in [-0.4, -0.2) is 35.4 Å². The Morgan fingerprint density at radius 3 is 2.20 bits per heavy atom. The Morgan fingerprint density at radius 1 is 0.914 bits per heavy atom. The lowest BCUT2D eigenvalue weighted by atomic mass is 9.93. The van der Waals surface area contributed by atoms with Crippen molar-refractivity contribution in [3.63, 3.8) is 0 Å². The molecule has 0 aliphatic carbocycles. The zero-order chi connectivity index (χ0) is 24.8. The molecule has 3 aromatic carbocycles. The molecule has 180 valence electrons. The van der Waals surface area contributed by atoms with Crippen molar-refractivity contribution in [2.45, 2.75) is 32.4 Å². The van der Waals surface area contributed by atoms with Crippen molar-refractivity contribution in [3.05, 3.63) is 107 Å². The number of benzene rings is 3. The number of methoxy groups -OCH3 is 1. The number of nitrogens with zero attached hydrogens (tertiary/aromatic N) is 1. The quantitative estimate of drug-likeness (QED) is 0.440. The molecule has 1 aliphatic heterocycles. The zero-order valence-corrected chi connectivity index (χ0v) is 19.9. The summed E-state index contributed by atoms with van der Waals surface area (Å²) in [6.07, 6.45) is 0.721. The van der Waals surface area contributed by atoms with Crippen molar-refractivity contribution in [3.8, 4) is 11.5 Å². The van der Waals surface area contributed by atoms with E-state index in [-0.39, 0.29) is 24.3 Å². The van der Waals surface area contributed by atoms with Gasteiger partial charge in [0, 0.05) is 13.0 Å². The van der Waals surface area contributed by atoms with Gasteiger partial charge in [0.05, 0.1) is 25.3 Å². The Kier molecular flexibility index (Phi) is 7.51. The number of ether oxygens (including phenoxy) is 2. The van der Waals surface area contributed by atoms with E-state index < -0.39 is 17.7 Å². The lowest BCUT2D eigenvalue weighted by Gasteiger charge is -2.27. The summed E-state index contributed by atoms with van der Waals surface area (Å²) in [5.41, 5.74) is 2.77. The number of rotatable bonds is 10. The number of aliphatic hydroxyl groups excluding tert-OH is 1. The number of hydrogen-bond acceptors (Lipinski definition) is 5.